The fraction of sp³-hybridized carbons (Fsp3) is 0.350. The molecule has 1 atom stereocenters. The summed E-state index contributed by atoms with van der Waals surface area (Å²) in [5.41, 5.74) is 4.69. The van der Waals surface area contributed by atoms with E-state index in [-0.39, 0.29) is 11.9 Å². The molecule has 26 heavy (non-hydrogen) atoms. The van der Waals surface area contributed by atoms with Gasteiger partial charge in [-0.1, -0.05) is 24.1 Å². The van der Waals surface area contributed by atoms with Crippen molar-refractivity contribution < 1.29 is 4.79 Å². The average Bonchev–Trinajstić information content (AvgIpc) is 3.07. The molecule has 2 aliphatic heterocycles. The van der Waals surface area contributed by atoms with Crippen LogP contribution < -0.4 is 10.6 Å². The minimum Gasteiger partial charge on any atom is -0.325 e. The maximum atomic E-state index is 12.5. The zero-order valence-corrected chi connectivity index (χ0v) is 15.4. The van der Waals surface area contributed by atoms with Gasteiger partial charge in [0.1, 0.15) is 0 Å². The second-order valence-electron chi connectivity index (χ2n) is 6.92. The van der Waals surface area contributed by atoms with E-state index in [9.17, 15) is 4.79 Å². The Kier molecular flexibility index (Phi) is 4.74. The van der Waals surface area contributed by atoms with Gasteiger partial charge in [-0.25, -0.2) is 9.98 Å². The van der Waals surface area contributed by atoms with Crippen LogP contribution in [0.15, 0.2) is 35.5 Å². The maximum Gasteiger partial charge on any atom is 0.241 e. The number of aryl methyl sites for hydroxylation is 1. The number of nitrogens with zero attached hydrogens (tertiary/aromatic N) is 2. The molecular weight excluding hydrogens is 348 g/mol. The predicted octanol–water partition coefficient (Wildman–Crippen LogP) is 3.80. The van der Waals surface area contributed by atoms with Crippen molar-refractivity contribution in [3.8, 4) is 0 Å². The summed E-state index contributed by atoms with van der Waals surface area (Å²) in [6, 6.07) is 7.53. The summed E-state index contributed by atoms with van der Waals surface area (Å²) < 4.78 is 0. The zero-order valence-electron chi connectivity index (χ0n) is 14.7. The number of fused-ring (bicyclic) bond motifs is 1. The number of piperidine rings is 1. The smallest absolute Gasteiger partial charge is 0.241 e. The first-order valence-electron chi connectivity index (χ1n) is 8.97. The van der Waals surface area contributed by atoms with Crippen molar-refractivity contribution in [3.05, 3.63) is 52.2 Å². The molecule has 0 saturated carbocycles. The highest BCUT2D eigenvalue weighted by Gasteiger charge is 2.22. The molecule has 2 N–H and O–H groups in total. The third-order valence-electron chi connectivity index (χ3n) is 4.85. The van der Waals surface area contributed by atoms with Crippen LogP contribution in [0.3, 0.4) is 0 Å². The molecule has 3 heterocycles. The first-order valence-corrected chi connectivity index (χ1v) is 9.35. The van der Waals surface area contributed by atoms with E-state index in [1.54, 1.807) is 0 Å². The van der Waals surface area contributed by atoms with Crippen LogP contribution in [0, 0.1) is 6.92 Å². The molecule has 0 bridgehead atoms. The average molecular weight is 369 g/mol. The first-order chi connectivity index (χ1) is 12.6. The minimum absolute atomic E-state index is 0.00640. The maximum absolute atomic E-state index is 12.5. The van der Waals surface area contributed by atoms with E-state index in [1.807, 2.05) is 31.3 Å². The van der Waals surface area contributed by atoms with Crippen LogP contribution in [0.5, 0.6) is 0 Å². The van der Waals surface area contributed by atoms with E-state index >= 15 is 0 Å². The van der Waals surface area contributed by atoms with Crippen molar-refractivity contribution >= 4 is 34.7 Å². The van der Waals surface area contributed by atoms with Crippen molar-refractivity contribution in [2.45, 2.75) is 38.6 Å². The number of hydrogen-bond acceptors (Lipinski definition) is 4. The molecule has 1 aromatic heterocycles. The summed E-state index contributed by atoms with van der Waals surface area (Å²) >= 11 is 6.41. The lowest BCUT2D eigenvalue weighted by molar-refractivity contribution is -0.118. The fourth-order valence-electron chi connectivity index (χ4n) is 3.49. The summed E-state index contributed by atoms with van der Waals surface area (Å²) in [6.45, 7) is 2.92. The fourth-order valence-corrected chi connectivity index (χ4v) is 3.71. The highest BCUT2D eigenvalue weighted by molar-refractivity contribution is 6.34. The molecule has 6 heteroatoms. The molecule has 2 aliphatic rings. The van der Waals surface area contributed by atoms with E-state index in [2.05, 4.69) is 26.7 Å². The Bertz CT molecular complexity index is 887. The number of halogens is 1. The van der Waals surface area contributed by atoms with Crippen molar-refractivity contribution in [2.75, 3.05) is 11.9 Å². The molecule has 5 nitrogen and oxygen atoms in total. The predicted molar refractivity (Wildman–Crippen MR) is 105 cm³/mol. The Hall–Kier alpha value is -2.24. The number of hydrogen-bond donors (Lipinski definition) is 2. The normalized spacial score (nSPS) is 19.0. The number of nitrogens with one attached hydrogen (secondary N) is 2. The minimum atomic E-state index is -0.122. The highest BCUT2D eigenvalue weighted by Crippen LogP contribution is 2.31. The van der Waals surface area contributed by atoms with Gasteiger partial charge in [-0.3, -0.25) is 4.79 Å². The molecule has 0 aliphatic carbocycles. The third kappa shape index (κ3) is 3.50. The number of aromatic nitrogens is 1. The molecule has 0 spiro atoms. The second-order valence-corrected chi connectivity index (χ2v) is 7.32. The van der Waals surface area contributed by atoms with Crippen LogP contribution in [0.1, 0.15) is 36.0 Å². The van der Waals surface area contributed by atoms with Gasteiger partial charge in [0.15, 0.2) is 5.82 Å². The molecule has 1 fully saturated rings. The number of rotatable bonds is 3. The van der Waals surface area contributed by atoms with E-state index in [4.69, 9.17) is 11.6 Å². The second kappa shape index (κ2) is 7.17. The van der Waals surface area contributed by atoms with E-state index in [1.165, 1.54) is 0 Å². The Morgan fingerprint density at radius 2 is 2.19 bits per heavy atom. The van der Waals surface area contributed by atoms with Crippen molar-refractivity contribution in [3.63, 3.8) is 0 Å². The molecule has 1 amide bonds. The van der Waals surface area contributed by atoms with Crippen LogP contribution in [0.2, 0.25) is 5.02 Å². The summed E-state index contributed by atoms with van der Waals surface area (Å²) in [5.74, 6) is 0.759. The Balaban J connectivity index is 1.55. The van der Waals surface area contributed by atoms with Crippen LogP contribution in [-0.4, -0.2) is 29.2 Å². The van der Waals surface area contributed by atoms with Crippen molar-refractivity contribution in [1.82, 2.24) is 10.3 Å². The largest absolute Gasteiger partial charge is 0.325 e. The summed E-state index contributed by atoms with van der Waals surface area (Å²) in [4.78, 5) is 21.5. The molecule has 0 radical (unpaired) electrons. The topological polar surface area (TPSA) is 66.4 Å². The summed E-state index contributed by atoms with van der Waals surface area (Å²) in [6.07, 6.45) is 5.60. The Labute approximate surface area is 157 Å². The number of carbonyl (C=O) groups is 1. The van der Waals surface area contributed by atoms with Crippen molar-refractivity contribution in [2.24, 2.45) is 4.99 Å². The van der Waals surface area contributed by atoms with Crippen LogP contribution in [0.4, 0.5) is 11.5 Å². The van der Waals surface area contributed by atoms with Gasteiger partial charge >= 0.3 is 0 Å². The lowest BCUT2D eigenvalue weighted by atomic mass is 10.0. The van der Waals surface area contributed by atoms with Gasteiger partial charge < -0.3 is 10.6 Å². The molecule has 2 aromatic rings. The molecular formula is C20H21ClN4O. The number of pyridine rings is 1. The molecule has 4 rings (SSSR count). The lowest BCUT2D eigenvalue weighted by Crippen LogP contribution is -2.43. The highest BCUT2D eigenvalue weighted by atomic mass is 35.5. The Morgan fingerprint density at radius 3 is 3.00 bits per heavy atom. The van der Waals surface area contributed by atoms with Gasteiger partial charge in [0.05, 0.1) is 11.8 Å². The molecule has 134 valence electrons. The van der Waals surface area contributed by atoms with Crippen LogP contribution >= 0.6 is 11.6 Å². The zero-order chi connectivity index (χ0) is 18.1. The van der Waals surface area contributed by atoms with E-state index in [0.717, 1.165) is 59.7 Å². The quantitative estimate of drug-likeness (QED) is 0.865. The number of carbonyl (C=O) groups excluding carboxylic acids is 1. The van der Waals surface area contributed by atoms with E-state index < -0.39 is 0 Å². The SMILES string of the molecule is Cc1cnc2c(c1)CC(c1cc(NC(=O)C3CCCCN3)ccc1Cl)=N2. The van der Waals surface area contributed by atoms with Gasteiger partial charge in [-0.2, -0.15) is 0 Å². The number of benzene rings is 1. The van der Waals surface area contributed by atoms with Gasteiger partial charge in [0, 0.05) is 34.5 Å². The van der Waals surface area contributed by atoms with E-state index in [0.29, 0.717) is 11.4 Å². The lowest BCUT2D eigenvalue weighted by Gasteiger charge is -2.22. The molecule has 1 saturated heterocycles. The molecule has 1 unspecified atom stereocenters. The van der Waals surface area contributed by atoms with Gasteiger partial charge in [-0.05, 0) is 50.1 Å². The number of amides is 1. The standard InChI is InChI=1S/C20H21ClN4O/c1-12-8-13-9-18(25-19(13)23-11-12)15-10-14(5-6-16(15)21)24-20(26)17-4-2-3-7-22-17/h5-6,8,10-11,17,22H,2-4,7,9H2,1H3,(H,24,26). The molecule has 1 aromatic carbocycles. The van der Waals surface area contributed by atoms with Gasteiger partial charge in [0.25, 0.3) is 0 Å². The first kappa shape index (κ1) is 17.2. The summed E-state index contributed by atoms with van der Waals surface area (Å²) in [7, 11) is 0. The summed E-state index contributed by atoms with van der Waals surface area (Å²) in [5, 5.41) is 6.90. The van der Waals surface area contributed by atoms with Crippen LogP contribution in [0.25, 0.3) is 0 Å². The Morgan fingerprint density at radius 1 is 1.31 bits per heavy atom. The van der Waals surface area contributed by atoms with Gasteiger partial charge in [-0.15, -0.1) is 0 Å². The third-order valence-corrected chi connectivity index (χ3v) is 5.18. The number of aliphatic imine (C=N–C) groups is 1. The van der Waals surface area contributed by atoms with Crippen LogP contribution in [-0.2, 0) is 11.2 Å². The number of anilines is 1. The monoisotopic (exact) mass is 368 g/mol. The van der Waals surface area contributed by atoms with Gasteiger partial charge in [0.2, 0.25) is 5.91 Å². The van der Waals surface area contributed by atoms with Crippen molar-refractivity contribution in [1.29, 1.82) is 0 Å².